The molecule has 0 spiro atoms. The van der Waals surface area contributed by atoms with E-state index in [1.165, 1.54) is 12.8 Å². The van der Waals surface area contributed by atoms with Crippen molar-refractivity contribution < 1.29 is 13.6 Å². The lowest BCUT2D eigenvalue weighted by Crippen LogP contribution is -2.42. The van der Waals surface area contributed by atoms with Crippen LogP contribution < -0.4 is 10.6 Å². The third kappa shape index (κ3) is 5.87. The first-order valence-corrected chi connectivity index (χ1v) is 10.8. The van der Waals surface area contributed by atoms with Crippen LogP contribution in [0.15, 0.2) is 50.6 Å². The maximum atomic E-state index is 5.75. The molecule has 2 aromatic heterocycles. The van der Waals surface area contributed by atoms with Crippen LogP contribution >= 0.6 is 0 Å². The molecule has 0 amide bonds. The topological polar surface area (TPSA) is 75.2 Å². The van der Waals surface area contributed by atoms with Gasteiger partial charge in [0.15, 0.2) is 5.96 Å². The van der Waals surface area contributed by atoms with Gasteiger partial charge in [-0.25, -0.2) is 0 Å². The molecule has 4 heterocycles. The van der Waals surface area contributed by atoms with Crippen molar-refractivity contribution >= 4 is 5.96 Å². The Morgan fingerprint density at radius 1 is 1.10 bits per heavy atom. The first-order valence-electron chi connectivity index (χ1n) is 10.8. The zero-order chi connectivity index (χ0) is 19.7. The number of hydrogen-bond donors (Lipinski definition) is 2. The number of ether oxygens (including phenoxy) is 1. The van der Waals surface area contributed by atoms with Gasteiger partial charge in [-0.3, -0.25) is 9.89 Å². The molecule has 7 heteroatoms. The molecule has 0 saturated carbocycles. The van der Waals surface area contributed by atoms with E-state index in [0.717, 1.165) is 69.5 Å². The number of aliphatic imine (C=N–C) groups is 1. The van der Waals surface area contributed by atoms with E-state index in [1.807, 2.05) is 18.2 Å². The Hall–Kier alpha value is -2.25. The van der Waals surface area contributed by atoms with Crippen LogP contribution in [0.3, 0.4) is 0 Å². The maximum absolute atomic E-state index is 5.75. The highest BCUT2D eigenvalue weighted by Crippen LogP contribution is 2.25. The van der Waals surface area contributed by atoms with E-state index in [9.17, 15) is 0 Å². The van der Waals surface area contributed by atoms with Crippen molar-refractivity contribution in [1.82, 2.24) is 15.5 Å². The van der Waals surface area contributed by atoms with Crippen molar-refractivity contribution in [3.63, 3.8) is 0 Å². The van der Waals surface area contributed by atoms with E-state index >= 15 is 0 Å². The minimum absolute atomic E-state index is 0.180. The van der Waals surface area contributed by atoms with Crippen LogP contribution in [0, 0.1) is 0 Å². The Balaban J connectivity index is 1.38. The monoisotopic (exact) mass is 400 g/mol. The number of nitrogens with zero attached hydrogens (tertiary/aromatic N) is 2. The molecule has 2 unspecified atom stereocenters. The number of hydrogen-bond acceptors (Lipinski definition) is 5. The molecular weight excluding hydrogens is 368 g/mol. The molecule has 2 aromatic rings. The zero-order valence-electron chi connectivity index (χ0n) is 17.0. The molecule has 0 bridgehead atoms. The van der Waals surface area contributed by atoms with Crippen molar-refractivity contribution in [2.75, 3.05) is 39.3 Å². The van der Waals surface area contributed by atoms with Crippen LogP contribution in [0.25, 0.3) is 0 Å². The van der Waals surface area contributed by atoms with E-state index in [1.54, 1.807) is 12.5 Å². The second-order valence-electron chi connectivity index (χ2n) is 7.74. The van der Waals surface area contributed by atoms with E-state index in [2.05, 4.69) is 21.6 Å². The average Bonchev–Trinajstić information content (AvgIpc) is 3.55. The van der Waals surface area contributed by atoms with Crippen molar-refractivity contribution in [2.45, 2.75) is 44.2 Å². The predicted molar refractivity (Wildman–Crippen MR) is 112 cm³/mol. The lowest BCUT2D eigenvalue weighted by Gasteiger charge is -2.25. The summed E-state index contributed by atoms with van der Waals surface area (Å²) >= 11 is 0. The van der Waals surface area contributed by atoms with Gasteiger partial charge in [-0.1, -0.05) is 0 Å². The van der Waals surface area contributed by atoms with Crippen LogP contribution in [0.2, 0.25) is 0 Å². The van der Waals surface area contributed by atoms with Crippen LogP contribution in [0.5, 0.6) is 0 Å². The smallest absolute Gasteiger partial charge is 0.191 e. The number of nitrogens with one attached hydrogen (secondary N) is 2. The number of rotatable bonds is 9. The number of guanidine groups is 1. The average molecular weight is 401 g/mol. The first-order chi connectivity index (χ1) is 14.4. The van der Waals surface area contributed by atoms with Gasteiger partial charge in [0.2, 0.25) is 0 Å². The van der Waals surface area contributed by atoms with Crippen molar-refractivity contribution in [2.24, 2.45) is 4.99 Å². The van der Waals surface area contributed by atoms with E-state index in [-0.39, 0.29) is 12.1 Å². The quantitative estimate of drug-likeness (QED) is 0.498. The highest BCUT2D eigenvalue weighted by molar-refractivity contribution is 5.79. The number of likely N-dealkylation sites (tertiary alicyclic amines) is 1. The summed E-state index contributed by atoms with van der Waals surface area (Å²) in [6, 6.07) is 8.12. The fourth-order valence-corrected chi connectivity index (χ4v) is 4.05. The second-order valence-corrected chi connectivity index (χ2v) is 7.74. The Morgan fingerprint density at radius 3 is 2.69 bits per heavy atom. The standard InChI is InChI=1S/C22H32N4O3/c1-2-12-26(11-1)20(21-8-5-15-29-21)17-25-22(24-16-19-7-4-14-28-19)23-10-9-18-6-3-13-27-18/h3,5-6,8,13,15,19-20H,1-2,4,7,9-12,14,16-17H2,(H2,23,24,25). The van der Waals surface area contributed by atoms with Crippen molar-refractivity contribution in [1.29, 1.82) is 0 Å². The SMILES string of the molecule is c1coc(CCNC(=NCC(c2ccco2)N2CCCC2)NCC2CCCO2)c1. The van der Waals surface area contributed by atoms with Crippen LogP contribution in [-0.2, 0) is 11.2 Å². The molecule has 0 aromatic carbocycles. The highest BCUT2D eigenvalue weighted by Gasteiger charge is 2.25. The van der Waals surface area contributed by atoms with Gasteiger partial charge in [0.05, 0.1) is 31.2 Å². The molecule has 4 rings (SSSR count). The molecule has 7 nitrogen and oxygen atoms in total. The molecule has 0 aliphatic carbocycles. The zero-order valence-corrected chi connectivity index (χ0v) is 17.0. The summed E-state index contributed by atoms with van der Waals surface area (Å²) in [4.78, 5) is 7.39. The van der Waals surface area contributed by atoms with E-state index in [4.69, 9.17) is 18.6 Å². The van der Waals surface area contributed by atoms with Crippen LogP contribution in [-0.4, -0.2) is 56.3 Å². The van der Waals surface area contributed by atoms with Crippen molar-refractivity contribution in [3.8, 4) is 0 Å². The predicted octanol–water partition coefficient (Wildman–Crippen LogP) is 2.97. The summed E-state index contributed by atoms with van der Waals surface area (Å²) in [5, 5.41) is 6.91. The fourth-order valence-electron chi connectivity index (χ4n) is 4.05. The molecule has 2 N–H and O–H groups in total. The molecule has 0 radical (unpaired) electrons. The van der Waals surface area contributed by atoms with E-state index < -0.39 is 0 Å². The molecule has 2 fully saturated rings. The molecule has 2 aliphatic heterocycles. The van der Waals surface area contributed by atoms with Crippen molar-refractivity contribution in [3.05, 3.63) is 48.3 Å². The third-order valence-electron chi connectivity index (χ3n) is 5.64. The number of furan rings is 2. The Labute approximate surface area is 172 Å². The molecule has 2 aliphatic rings. The maximum Gasteiger partial charge on any atom is 0.191 e. The van der Waals surface area contributed by atoms with Gasteiger partial charge < -0.3 is 24.2 Å². The molecule has 2 saturated heterocycles. The molecule has 29 heavy (non-hydrogen) atoms. The van der Waals surface area contributed by atoms with Crippen LogP contribution in [0.1, 0.15) is 43.2 Å². The molecule has 2 atom stereocenters. The van der Waals surface area contributed by atoms with Gasteiger partial charge in [-0.05, 0) is 63.0 Å². The highest BCUT2D eigenvalue weighted by atomic mass is 16.5. The lowest BCUT2D eigenvalue weighted by molar-refractivity contribution is 0.113. The lowest BCUT2D eigenvalue weighted by atomic mass is 10.2. The largest absolute Gasteiger partial charge is 0.469 e. The van der Waals surface area contributed by atoms with Gasteiger partial charge in [0, 0.05) is 26.1 Å². The summed E-state index contributed by atoms with van der Waals surface area (Å²) < 4.78 is 16.9. The molecular formula is C22H32N4O3. The summed E-state index contributed by atoms with van der Waals surface area (Å²) in [5.74, 6) is 2.79. The van der Waals surface area contributed by atoms with Gasteiger partial charge in [-0.2, -0.15) is 0 Å². The first kappa shape index (κ1) is 20.0. The summed E-state index contributed by atoms with van der Waals surface area (Å²) in [6.45, 7) is 5.27. The van der Waals surface area contributed by atoms with Crippen LogP contribution in [0.4, 0.5) is 0 Å². The van der Waals surface area contributed by atoms with E-state index in [0.29, 0.717) is 6.54 Å². The van der Waals surface area contributed by atoms with Gasteiger partial charge in [0.25, 0.3) is 0 Å². The minimum Gasteiger partial charge on any atom is -0.469 e. The summed E-state index contributed by atoms with van der Waals surface area (Å²) in [7, 11) is 0. The second kappa shape index (κ2) is 10.5. The molecule has 158 valence electrons. The van der Waals surface area contributed by atoms with Gasteiger partial charge >= 0.3 is 0 Å². The minimum atomic E-state index is 0.180. The Kier molecular flexibility index (Phi) is 7.26. The summed E-state index contributed by atoms with van der Waals surface area (Å²) in [6.07, 6.45) is 9.28. The van der Waals surface area contributed by atoms with Gasteiger partial charge in [0.1, 0.15) is 11.5 Å². The summed E-state index contributed by atoms with van der Waals surface area (Å²) in [5.41, 5.74) is 0. The Bertz CT molecular complexity index is 717. The normalized spacial score (nSPS) is 21.5. The van der Waals surface area contributed by atoms with Gasteiger partial charge in [-0.15, -0.1) is 0 Å². The Morgan fingerprint density at radius 2 is 1.97 bits per heavy atom. The third-order valence-corrected chi connectivity index (χ3v) is 5.64. The fraction of sp³-hybridized carbons (Fsp3) is 0.591.